The number of nitrogens with zero attached hydrogens (tertiary/aromatic N) is 3. The first-order valence-corrected chi connectivity index (χ1v) is 9.11. The minimum atomic E-state index is -0.519. The summed E-state index contributed by atoms with van der Waals surface area (Å²) in [6.07, 6.45) is 2.06. The SMILES string of the molecule is O=C1CCCN1CC(=O)N1CCC2(C1)CN(c1ccccc1)C(=O)CO2. The average Bonchev–Trinajstić information content (AvgIpc) is 3.25. The highest BCUT2D eigenvalue weighted by molar-refractivity contribution is 5.95. The van der Waals surface area contributed by atoms with Crippen molar-refractivity contribution in [1.29, 1.82) is 0 Å². The summed E-state index contributed by atoms with van der Waals surface area (Å²) in [5, 5.41) is 0. The second kappa shape index (κ2) is 6.72. The van der Waals surface area contributed by atoms with Crippen LogP contribution in [0.25, 0.3) is 0 Å². The maximum absolute atomic E-state index is 12.6. The normalized spacial score (nSPS) is 26.2. The number of rotatable bonds is 3. The highest BCUT2D eigenvalue weighted by Gasteiger charge is 2.46. The summed E-state index contributed by atoms with van der Waals surface area (Å²) in [4.78, 5) is 41.8. The van der Waals surface area contributed by atoms with Crippen molar-refractivity contribution in [2.45, 2.75) is 24.9 Å². The van der Waals surface area contributed by atoms with E-state index in [1.54, 1.807) is 14.7 Å². The van der Waals surface area contributed by atoms with Gasteiger partial charge in [0.1, 0.15) is 12.2 Å². The monoisotopic (exact) mass is 357 g/mol. The molecule has 0 radical (unpaired) electrons. The number of anilines is 1. The van der Waals surface area contributed by atoms with E-state index < -0.39 is 5.60 Å². The Labute approximate surface area is 152 Å². The fourth-order valence-electron chi connectivity index (χ4n) is 4.00. The molecule has 7 nitrogen and oxygen atoms in total. The van der Waals surface area contributed by atoms with E-state index in [1.165, 1.54) is 0 Å². The van der Waals surface area contributed by atoms with Crippen LogP contribution in [0.2, 0.25) is 0 Å². The van der Waals surface area contributed by atoms with E-state index in [0.29, 0.717) is 39.0 Å². The smallest absolute Gasteiger partial charge is 0.253 e. The lowest BCUT2D eigenvalue weighted by atomic mass is 10.00. The van der Waals surface area contributed by atoms with E-state index in [0.717, 1.165) is 12.1 Å². The summed E-state index contributed by atoms with van der Waals surface area (Å²) in [5.74, 6) is -0.0415. The van der Waals surface area contributed by atoms with Crippen LogP contribution >= 0.6 is 0 Å². The largest absolute Gasteiger partial charge is 0.361 e. The Balaban J connectivity index is 1.42. The van der Waals surface area contributed by atoms with Crippen LogP contribution < -0.4 is 4.90 Å². The number of morpholine rings is 1. The van der Waals surface area contributed by atoms with Gasteiger partial charge in [0.15, 0.2) is 0 Å². The molecule has 4 rings (SSSR count). The van der Waals surface area contributed by atoms with Crippen molar-refractivity contribution in [2.75, 3.05) is 44.2 Å². The van der Waals surface area contributed by atoms with Crippen LogP contribution in [0.4, 0.5) is 5.69 Å². The molecule has 3 fully saturated rings. The number of benzene rings is 1. The van der Waals surface area contributed by atoms with E-state index in [-0.39, 0.29) is 30.9 Å². The number of likely N-dealkylation sites (tertiary alicyclic amines) is 2. The highest BCUT2D eigenvalue weighted by atomic mass is 16.5. The molecule has 3 amide bonds. The topological polar surface area (TPSA) is 70.2 Å². The van der Waals surface area contributed by atoms with Gasteiger partial charge in [-0.25, -0.2) is 0 Å². The summed E-state index contributed by atoms with van der Waals surface area (Å²) in [6.45, 7) is 2.35. The summed E-state index contributed by atoms with van der Waals surface area (Å²) >= 11 is 0. The zero-order valence-corrected chi connectivity index (χ0v) is 14.7. The number of ether oxygens (including phenoxy) is 1. The van der Waals surface area contributed by atoms with E-state index in [4.69, 9.17) is 4.74 Å². The number of amides is 3. The zero-order chi connectivity index (χ0) is 18.1. The van der Waals surface area contributed by atoms with Gasteiger partial charge in [0.05, 0.1) is 19.6 Å². The van der Waals surface area contributed by atoms with Crippen LogP contribution in [0.15, 0.2) is 30.3 Å². The molecule has 1 aromatic carbocycles. The van der Waals surface area contributed by atoms with Crippen molar-refractivity contribution in [1.82, 2.24) is 9.80 Å². The molecular weight excluding hydrogens is 334 g/mol. The number of carbonyl (C=O) groups is 3. The maximum atomic E-state index is 12.6. The van der Waals surface area contributed by atoms with Crippen LogP contribution in [0.5, 0.6) is 0 Å². The molecule has 138 valence electrons. The third-order valence-electron chi connectivity index (χ3n) is 5.48. The van der Waals surface area contributed by atoms with E-state index >= 15 is 0 Å². The highest BCUT2D eigenvalue weighted by Crippen LogP contribution is 2.32. The van der Waals surface area contributed by atoms with Gasteiger partial charge in [-0.05, 0) is 25.0 Å². The minimum Gasteiger partial charge on any atom is -0.361 e. The summed E-state index contributed by atoms with van der Waals surface area (Å²) in [6, 6.07) is 9.55. The van der Waals surface area contributed by atoms with Gasteiger partial charge in [0.2, 0.25) is 11.8 Å². The van der Waals surface area contributed by atoms with Gasteiger partial charge < -0.3 is 19.4 Å². The van der Waals surface area contributed by atoms with Crippen LogP contribution in [0.3, 0.4) is 0 Å². The van der Waals surface area contributed by atoms with E-state index in [9.17, 15) is 14.4 Å². The van der Waals surface area contributed by atoms with Gasteiger partial charge in [-0.1, -0.05) is 18.2 Å². The lowest BCUT2D eigenvalue weighted by molar-refractivity contribution is -0.141. The van der Waals surface area contributed by atoms with Crippen LogP contribution in [0.1, 0.15) is 19.3 Å². The Bertz CT molecular complexity index is 723. The van der Waals surface area contributed by atoms with Crippen LogP contribution in [-0.2, 0) is 19.1 Å². The Morgan fingerprint density at radius 1 is 1.08 bits per heavy atom. The quantitative estimate of drug-likeness (QED) is 0.796. The lowest BCUT2D eigenvalue weighted by Gasteiger charge is -2.40. The van der Waals surface area contributed by atoms with Gasteiger partial charge in [0.25, 0.3) is 5.91 Å². The van der Waals surface area contributed by atoms with E-state index in [1.807, 2.05) is 30.3 Å². The zero-order valence-electron chi connectivity index (χ0n) is 14.7. The van der Waals surface area contributed by atoms with Gasteiger partial charge >= 0.3 is 0 Å². The fourth-order valence-corrected chi connectivity index (χ4v) is 4.00. The molecule has 1 aromatic rings. The molecule has 1 unspecified atom stereocenters. The first kappa shape index (κ1) is 17.0. The Hall–Kier alpha value is -2.41. The Kier molecular flexibility index (Phi) is 4.40. The molecule has 0 saturated carbocycles. The average molecular weight is 357 g/mol. The Morgan fingerprint density at radius 2 is 1.88 bits per heavy atom. The Morgan fingerprint density at radius 3 is 2.62 bits per heavy atom. The number of hydrogen-bond acceptors (Lipinski definition) is 4. The molecule has 0 bridgehead atoms. The third kappa shape index (κ3) is 3.19. The molecule has 1 spiro atoms. The number of para-hydroxylation sites is 1. The van der Waals surface area contributed by atoms with Crippen molar-refractivity contribution in [3.8, 4) is 0 Å². The lowest BCUT2D eigenvalue weighted by Crippen LogP contribution is -2.56. The first-order valence-electron chi connectivity index (χ1n) is 9.11. The molecule has 3 aliphatic rings. The van der Waals surface area contributed by atoms with Crippen molar-refractivity contribution in [2.24, 2.45) is 0 Å². The molecule has 26 heavy (non-hydrogen) atoms. The molecule has 0 aliphatic carbocycles. The molecule has 3 saturated heterocycles. The fraction of sp³-hybridized carbons (Fsp3) is 0.526. The second-order valence-electron chi connectivity index (χ2n) is 7.27. The van der Waals surface area contributed by atoms with Crippen molar-refractivity contribution in [3.05, 3.63) is 30.3 Å². The summed E-state index contributed by atoms with van der Waals surface area (Å²) in [7, 11) is 0. The first-order chi connectivity index (χ1) is 12.6. The summed E-state index contributed by atoms with van der Waals surface area (Å²) in [5.41, 5.74) is 0.335. The van der Waals surface area contributed by atoms with Crippen molar-refractivity contribution >= 4 is 23.4 Å². The van der Waals surface area contributed by atoms with Gasteiger partial charge in [0, 0.05) is 25.2 Å². The number of carbonyl (C=O) groups excluding carboxylic acids is 3. The van der Waals surface area contributed by atoms with Gasteiger partial charge in [-0.2, -0.15) is 0 Å². The minimum absolute atomic E-state index is 0.0293. The van der Waals surface area contributed by atoms with Gasteiger partial charge in [-0.15, -0.1) is 0 Å². The predicted molar refractivity (Wildman–Crippen MR) is 94.5 cm³/mol. The standard InChI is InChI=1S/C19H23N3O4/c23-16-7-4-9-20(16)11-17(24)21-10-8-19(13-21)14-22(18(25)12-26-19)15-5-2-1-3-6-15/h1-3,5-6H,4,7-14H2. The molecule has 7 heteroatoms. The van der Waals surface area contributed by atoms with Crippen LogP contribution in [-0.4, -0.2) is 72.5 Å². The maximum Gasteiger partial charge on any atom is 0.253 e. The molecule has 3 heterocycles. The third-order valence-corrected chi connectivity index (χ3v) is 5.48. The van der Waals surface area contributed by atoms with Gasteiger partial charge in [-0.3, -0.25) is 14.4 Å². The molecule has 0 N–H and O–H groups in total. The predicted octanol–water partition coefficient (Wildman–Crippen LogP) is 0.643. The van der Waals surface area contributed by atoms with Crippen LogP contribution in [0, 0.1) is 0 Å². The second-order valence-corrected chi connectivity index (χ2v) is 7.27. The van der Waals surface area contributed by atoms with E-state index in [2.05, 4.69) is 0 Å². The van der Waals surface area contributed by atoms with Crippen molar-refractivity contribution in [3.63, 3.8) is 0 Å². The molecule has 3 aliphatic heterocycles. The molecule has 0 aromatic heterocycles. The van der Waals surface area contributed by atoms with Crippen molar-refractivity contribution < 1.29 is 19.1 Å². The summed E-state index contributed by atoms with van der Waals surface area (Å²) < 4.78 is 5.90. The number of hydrogen-bond donors (Lipinski definition) is 0. The molecule has 1 atom stereocenters. The molecular formula is C19H23N3O4.